The Morgan fingerprint density at radius 1 is 0.972 bits per heavy atom. The maximum Gasteiger partial charge on any atom is 0.270 e. The van der Waals surface area contributed by atoms with Crippen molar-refractivity contribution >= 4 is 75.0 Å². The molecule has 0 bridgehead atoms. The molecule has 1 aromatic heterocycles. The van der Waals surface area contributed by atoms with Gasteiger partial charge in [0.05, 0.1) is 10.7 Å². The third-order valence-corrected chi connectivity index (χ3v) is 6.29. The third-order valence-electron chi connectivity index (χ3n) is 5.69. The zero-order valence-corrected chi connectivity index (χ0v) is 20.3. The minimum absolute atomic E-state index is 0.0461. The van der Waals surface area contributed by atoms with Crippen molar-refractivity contribution in [1.82, 2.24) is 9.88 Å². The number of para-hydroxylation sites is 3. The van der Waals surface area contributed by atoms with E-state index in [2.05, 4.69) is 10.6 Å². The van der Waals surface area contributed by atoms with Crippen LogP contribution < -0.4 is 15.5 Å². The SMILES string of the molecule is O=C(Cn1cc(/C=C2\C(=O)NC(=S)N(c3ccccc3Cl)C2=O)c2ccccc21)Nc1ccccc1. The molecule has 3 aromatic carbocycles. The van der Waals surface area contributed by atoms with E-state index in [1.807, 2.05) is 54.6 Å². The number of fused-ring (bicyclic) bond motifs is 1. The average molecular weight is 515 g/mol. The van der Waals surface area contributed by atoms with Crippen LogP contribution in [0.15, 0.2) is 90.6 Å². The van der Waals surface area contributed by atoms with Crippen LogP contribution in [0.4, 0.5) is 11.4 Å². The summed E-state index contributed by atoms with van der Waals surface area (Å²) in [6, 6.07) is 23.4. The number of benzene rings is 3. The number of amides is 3. The number of hydrogen-bond acceptors (Lipinski definition) is 4. The van der Waals surface area contributed by atoms with Gasteiger partial charge < -0.3 is 9.88 Å². The molecule has 0 aliphatic carbocycles. The zero-order valence-electron chi connectivity index (χ0n) is 18.8. The van der Waals surface area contributed by atoms with Crippen molar-refractivity contribution < 1.29 is 14.4 Å². The largest absolute Gasteiger partial charge is 0.337 e. The summed E-state index contributed by atoms with van der Waals surface area (Å²) in [5, 5.41) is 6.50. The summed E-state index contributed by atoms with van der Waals surface area (Å²) in [5.74, 6) is -1.40. The van der Waals surface area contributed by atoms with Gasteiger partial charge in [-0.3, -0.25) is 24.6 Å². The van der Waals surface area contributed by atoms with Crippen LogP contribution in [0.3, 0.4) is 0 Å². The Morgan fingerprint density at radius 2 is 1.67 bits per heavy atom. The monoisotopic (exact) mass is 514 g/mol. The van der Waals surface area contributed by atoms with Gasteiger partial charge in [0.2, 0.25) is 5.91 Å². The molecular formula is C27H19ClN4O3S. The summed E-state index contributed by atoms with van der Waals surface area (Å²) in [4.78, 5) is 40.1. The molecule has 0 atom stereocenters. The van der Waals surface area contributed by atoms with Gasteiger partial charge in [0.25, 0.3) is 11.8 Å². The molecule has 1 saturated heterocycles. The molecule has 7 nitrogen and oxygen atoms in total. The van der Waals surface area contributed by atoms with Crippen molar-refractivity contribution in [3.05, 3.63) is 101 Å². The van der Waals surface area contributed by atoms with Crippen molar-refractivity contribution in [2.75, 3.05) is 10.2 Å². The highest BCUT2D eigenvalue weighted by Gasteiger charge is 2.35. The minimum Gasteiger partial charge on any atom is -0.337 e. The molecule has 5 rings (SSSR count). The summed E-state index contributed by atoms with van der Waals surface area (Å²) in [7, 11) is 0. The van der Waals surface area contributed by atoms with Crippen LogP contribution in [0.2, 0.25) is 5.02 Å². The van der Waals surface area contributed by atoms with E-state index in [0.29, 0.717) is 22.0 Å². The number of anilines is 2. The van der Waals surface area contributed by atoms with Crippen molar-refractivity contribution in [3.63, 3.8) is 0 Å². The predicted molar refractivity (Wildman–Crippen MR) is 145 cm³/mol. The number of hydrogen-bond donors (Lipinski definition) is 2. The third kappa shape index (κ3) is 4.51. The quantitative estimate of drug-likeness (QED) is 0.228. The van der Waals surface area contributed by atoms with Crippen LogP contribution in [-0.2, 0) is 20.9 Å². The van der Waals surface area contributed by atoms with E-state index in [9.17, 15) is 14.4 Å². The van der Waals surface area contributed by atoms with Gasteiger partial charge in [-0.1, -0.05) is 60.1 Å². The fourth-order valence-corrected chi connectivity index (χ4v) is 4.56. The number of aromatic nitrogens is 1. The molecule has 36 heavy (non-hydrogen) atoms. The molecule has 3 amide bonds. The van der Waals surface area contributed by atoms with Gasteiger partial charge in [-0.05, 0) is 48.6 Å². The van der Waals surface area contributed by atoms with E-state index in [1.54, 1.807) is 35.0 Å². The molecule has 1 aliphatic rings. The Bertz CT molecular complexity index is 1560. The van der Waals surface area contributed by atoms with Gasteiger partial charge in [-0.15, -0.1) is 0 Å². The lowest BCUT2D eigenvalue weighted by molar-refractivity contribution is -0.122. The highest BCUT2D eigenvalue weighted by molar-refractivity contribution is 7.80. The number of nitrogens with zero attached hydrogens (tertiary/aromatic N) is 2. The molecule has 4 aromatic rings. The Morgan fingerprint density at radius 3 is 2.44 bits per heavy atom. The summed E-state index contributed by atoms with van der Waals surface area (Å²) < 4.78 is 1.78. The molecule has 0 radical (unpaired) electrons. The van der Waals surface area contributed by atoms with Crippen molar-refractivity contribution in [1.29, 1.82) is 0 Å². The molecule has 1 fully saturated rings. The Kier molecular flexibility index (Phi) is 6.37. The van der Waals surface area contributed by atoms with Crippen LogP contribution in [0.1, 0.15) is 5.56 Å². The lowest BCUT2D eigenvalue weighted by Gasteiger charge is -2.29. The molecule has 1 aliphatic heterocycles. The van der Waals surface area contributed by atoms with E-state index in [1.165, 1.54) is 11.0 Å². The van der Waals surface area contributed by atoms with Crippen LogP contribution in [0.5, 0.6) is 0 Å². The highest BCUT2D eigenvalue weighted by atomic mass is 35.5. The van der Waals surface area contributed by atoms with Crippen LogP contribution in [-0.4, -0.2) is 27.4 Å². The Balaban J connectivity index is 1.50. The second-order valence-electron chi connectivity index (χ2n) is 8.05. The van der Waals surface area contributed by atoms with Crippen LogP contribution >= 0.6 is 23.8 Å². The van der Waals surface area contributed by atoms with Gasteiger partial charge in [-0.25, -0.2) is 0 Å². The first-order valence-electron chi connectivity index (χ1n) is 11.0. The van der Waals surface area contributed by atoms with Gasteiger partial charge in [0.1, 0.15) is 12.1 Å². The predicted octanol–water partition coefficient (Wildman–Crippen LogP) is 4.76. The number of carbonyl (C=O) groups is 3. The van der Waals surface area contributed by atoms with Gasteiger partial charge in [0.15, 0.2) is 5.11 Å². The lowest BCUT2D eigenvalue weighted by atomic mass is 10.1. The van der Waals surface area contributed by atoms with E-state index >= 15 is 0 Å². The molecular weight excluding hydrogens is 496 g/mol. The van der Waals surface area contributed by atoms with Gasteiger partial charge in [-0.2, -0.15) is 0 Å². The minimum atomic E-state index is -0.605. The van der Waals surface area contributed by atoms with E-state index < -0.39 is 11.8 Å². The Hall–Kier alpha value is -4.27. The van der Waals surface area contributed by atoms with E-state index in [-0.39, 0.29) is 23.1 Å². The first-order chi connectivity index (χ1) is 17.4. The number of thiocarbonyl (C=S) groups is 1. The molecule has 2 heterocycles. The van der Waals surface area contributed by atoms with E-state index in [0.717, 1.165) is 10.9 Å². The molecule has 0 unspecified atom stereocenters. The second-order valence-corrected chi connectivity index (χ2v) is 8.85. The number of rotatable bonds is 5. The van der Waals surface area contributed by atoms with Crippen molar-refractivity contribution in [3.8, 4) is 0 Å². The molecule has 2 N–H and O–H groups in total. The fourth-order valence-electron chi connectivity index (χ4n) is 4.06. The standard InChI is InChI=1S/C27H19ClN4O3S/c28-21-11-5-7-13-23(21)32-26(35)20(25(34)30-27(32)36)14-17-15-31(22-12-6-4-10-19(17)22)16-24(33)29-18-8-2-1-3-9-18/h1-15H,16H2,(H,29,33)(H,30,34,36)/b20-14+. The number of carbonyl (C=O) groups excluding carboxylic acids is 3. The summed E-state index contributed by atoms with van der Waals surface area (Å²) in [6.07, 6.45) is 3.26. The molecule has 0 spiro atoms. The molecule has 0 saturated carbocycles. The van der Waals surface area contributed by atoms with Crippen molar-refractivity contribution in [2.24, 2.45) is 0 Å². The second kappa shape index (κ2) is 9.77. The first kappa shape index (κ1) is 23.5. The highest BCUT2D eigenvalue weighted by Crippen LogP contribution is 2.30. The molecule has 178 valence electrons. The maximum absolute atomic E-state index is 13.4. The molecule has 9 heteroatoms. The maximum atomic E-state index is 13.4. The topological polar surface area (TPSA) is 83.4 Å². The summed E-state index contributed by atoms with van der Waals surface area (Å²) >= 11 is 11.6. The summed E-state index contributed by atoms with van der Waals surface area (Å²) in [5.41, 5.74) is 2.37. The normalized spacial score (nSPS) is 14.9. The van der Waals surface area contributed by atoms with E-state index in [4.69, 9.17) is 23.8 Å². The van der Waals surface area contributed by atoms with Crippen LogP contribution in [0, 0.1) is 0 Å². The Labute approximate surface area is 217 Å². The average Bonchev–Trinajstić information content (AvgIpc) is 3.20. The van der Waals surface area contributed by atoms with Crippen LogP contribution in [0.25, 0.3) is 17.0 Å². The summed E-state index contributed by atoms with van der Waals surface area (Å²) in [6.45, 7) is 0.0502. The lowest BCUT2D eigenvalue weighted by Crippen LogP contribution is -2.54. The smallest absolute Gasteiger partial charge is 0.270 e. The zero-order chi connectivity index (χ0) is 25.2. The number of nitrogens with one attached hydrogen (secondary N) is 2. The fraction of sp³-hybridized carbons (Fsp3) is 0.0370. The van der Waals surface area contributed by atoms with Gasteiger partial charge in [0, 0.05) is 28.4 Å². The van der Waals surface area contributed by atoms with Gasteiger partial charge >= 0.3 is 0 Å². The van der Waals surface area contributed by atoms with Crippen molar-refractivity contribution in [2.45, 2.75) is 6.54 Å². The number of halogens is 1. The first-order valence-corrected chi connectivity index (χ1v) is 11.8.